The van der Waals surface area contributed by atoms with Crippen molar-refractivity contribution in [3.05, 3.63) is 0 Å². The number of halogens is 4. The number of hydrogen-bond acceptors (Lipinski definition) is 4. The Bertz CT molecular complexity index is 442. The Morgan fingerprint density at radius 2 is 1.70 bits per heavy atom. The van der Waals surface area contributed by atoms with Crippen molar-refractivity contribution in [2.24, 2.45) is 5.92 Å². The predicted molar refractivity (Wildman–Crippen MR) is 62.5 cm³/mol. The molecule has 1 fully saturated rings. The summed E-state index contributed by atoms with van der Waals surface area (Å²) in [7, 11) is -3.03. The molecule has 0 aromatic rings. The molecule has 1 rings (SSSR count). The van der Waals surface area contributed by atoms with Crippen LogP contribution in [-0.2, 0) is 19.4 Å². The molecule has 4 nitrogen and oxygen atoms in total. The first-order valence-electron chi connectivity index (χ1n) is 6.09. The first-order valence-corrected chi connectivity index (χ1v) is 7.91. The zero-order chi connectivity index (χ0) is 15.6. The van der Waals surface area contributed by atoms with Crippen molar-refractivity contribution in [2.75, 3.05) is 18.1 Å². The van der Waals surface area contributed by atoms with Crippen LogP contribution >= 0.6 is 0 Å². The number of hydrogen-bond donors (Lipinski definition) is 0. The molecule has 0 spiro atoms. The SMILES string of the molecule is CC(F)(F)C(F)(F)C(=O)OCCC1CCS(=O)(=O)CC1. The molecular weight excluding hydrogens is 304 g/mol. The van der Waals surface area contributed by atoms with Crippen molar-refractivity contribution in [1.29, 1.82) is 0 Å². The normalized spacial score (nSPS) is 20.6. The highest BCUT2D eigenvalue weighted by Gasteiger charge is 2.60. The molecule has 9 heteroatoms. The van der Waals surface area contributed by atoms with E-state index in [1.54, 1.807) is 0 Å². The Kier molecular flexibility index (Phi) is 5.04. The lowest BCUT2D eigenvalue weighted by Gasteiger charge is -2.23. The van der Waals surface area contributed by atoms with E-state index in [1.165, 1.54) is 0 Å². The Hall–Kier alpha value is -0.860. The number of ether oxygens (including phenoxy) is 1. The molecule has 0 N–H and O–H groups in total. The first-order chi connectivity index (χ1) is 8.96. The molecule has 0 bridgehead atoms. The van der Waals surface area contributed by atoms with Crippen LogP contribution in [0.3, 0.4) is 0 Å². The van der Waals surface area contributed by atoms with Crippen LogP contribution in [0, 0.1) is 5.92 Å². The summed E-state index contributed by atoms with van der Waals surface area (Å²) in [4.78, 5) is 10.9. The Balaban J connectivity index is 2.37. The summed E-state index contributed by atoms with van der Waals surface area (Å²) < 4.78 is 77.2. The van der Waals surface area contributed by atoms with Crippen molar-refractivity contribution in [1.82, 2.24) is 0 Å². The summed E-state index contributed by atoms with van der Waals surface area (Å²) in [6.45, 7) is -0.477. The number of sulfone groups is 1. The van der Waals surface area contributed by atoms with Gasteiger partial charge in [-0.3, -0.25) is 0 Å². The minimum absolute atomic E-state index is 0.00873. The van der Waals surface area contributed by atoms with Crippen LogP contribution < -0.4 is 0 Å². The number of esters is 1. The quantitative estimate of drug-likeness (QED) is 0.574. The number of carbonyl (C=O) groups is 1. The lowest BCUT2D eigenvalue weighted by molar-refractivity contribution is -0.222. The van der Waals surface area contributed by atoms with E-state index in [1.807, 2.05) is 0 Å². The van der Waals surface area contributed by atoms with Crippen LogP contribution in [0.25, 0.3) is 0 Å². The van der Waals surface area contributed by atoms with Gasteiger partial charge in [0.05, 0.1) is 18.1 Å². The van der Waals surface area contributed by atoms with Crippen LogP contribution in [-0.4, -0.2) is 44.3 Å². The Morgan fingerprint density at radius 1 is 1.20 bits per heavy atom. The van der Waals surface area contributed by atoms with Gasteiger partial charge in [0.1, 0.15) is 9.84 Å². The average molecular weight is 320 g/mol. The smallest absolute Gasteiger partial charge is 0.404 e. The van der Waals surface area contributed by atoms with E-state index in [4.69, 9.17) is 0 Å². The van der Waals surface area contributed by atoms with Gasteiger partial charge in [0.2, 0.25) is 0 Å². The maximum atomic E-state index is 12.9. The third-order valence-electron chi connectivity index (χ3n) is 3.24. The van der Waals surface area contributed by atoms with Gasteiger partial charge in [0.15, 0.2) is 0 Å². The van der Waals surface area contributed by atoms with Gasteiger partial charge in [-0.1, -0.05) is 0 Å². The number of rotatable bonds is 5. The maximum absolute atomic E-state index is 12.9. The maximum Gasteiger partial charge on any atom is 0.404 e. The van der Waals surface area contributed by atoms with E-state index in [0.717, 1.165) is 0 Å². The molecule has 0 atom stereocenters. The summed E-state index contributed by atoms with van der Waals surface area (Å²) in [5, 5.41) is 0. The average Bonchev–Trinajstić information content (AvgIpc) is 2.29. The minimum atomic E-state index is -4.86. The van der Waals surface area contributed by atoms with Crippen LogP contribution in [0.15, 0.2) is 0 Å². The molecule has 118 valence electrons. The van der Waals surface area contributed by atoms with Gasteiger partial charge in [-0.25, -0.2) is 13.2 Å². The highest BCUT2D eigenvalue weighted by Crippen LogP contribution is 2.34. The molecule has 0 saturated carbocycles. The summed E-state index contributed by atoms with van der Waals surface area (Å²) in [6, 6.07) is 0. The van der Waals surface area contributed by atoms with Gasteiger partial charge in [-0.05, 0) is 25.2 Å². The zero-order valence-corrected chi connectivity index (χ0v) is 11.7. The Labute approximate surface area is 114 Å². The van der Waals surface area contributed by atoms with Crippen molar-refractivity contribution in [3.63, 3.8) is 0 Å². The van der Waals surface area contributed by atoms with Crippen LogP contribution in [0.4, 0.5) is 17.6 Å². The van der Waals surface area contributed by atoms with E-state index in [-0.39, 0.29) is 30.8 Å². The van der Waals surface area contributed by atoms with Gasteiger partial charge in [-0.15, -0.1) is 0 Å². The third-order valence-corrected chi connectivity index (χ3v) is 4.96. The van der Waals surface area contributed by atoms with Gasteiger partial charge in [0, 0.05) is 6.92 Å². The zero-order valence-electron chi connectivity index (χ0n) is 10.9. The van der Waals surface area contributed by atoms with Crippen LogP contribution in [0.1, 0.15) is 26.2 Å². The summed E-state index contributed by atoms with van der Waals surface area (Å²) in [6.07, 6.45) is 0.910. The van der Waals surface area contributed by atoms with Gasteiger partial charge < -0.3 is 4.74 Å². The molecule has 1 aliphatic rings. The van der Waals surface area contributed by atoms with E-state index in [0.29, 0.717) is 12.8 Å². The van der Waals surface area contributed by atoms with Crippen molar-refractivity contribution >= 4 is 15.8 Å². The fraction of sp³-hybridized carbons (Fsp3) is 0.909. The molecule has 0 amide bonds. The summed E-state index contributed by atoms with van der Waals surface area (Å²) in [5.74, 6) is -11.6. The molecule has 1 aliphatic heterocycles. The minimum Gasteiger partial charge on any atom is -0.461 e. The topological polar surface area (TPSA) is 60.4 Å². The molecule has 0 aliphatic carbocycles. The standard InChI is InChI=1S/C11H16F4O4S/c1-10(12,13)11(14,15)9(16)19-5-2-8-3-6-20(17,18)7-4-8/h8H,2-7H2,1H3. The third kappa shape index (κ3) is 4.32. The molecule has 0 aromatic heterocycles. The van der Waals surface area contributed by atoms with Gasteiger partial charge in [-0.2, -0.15) is 17.6 Å². The lowest BCUT2D eigenvalue weighted by atomic mass is 9.99. The second kappa shape index (κ2) is 5.87. The predicted octanol–water partition coefficient (Wildman–Crippen LogP) is 2.04. The fourth-order valence-corrected chi connectivity index (χ4v) is 3.40. The van der Waals surface area contributed by atoms with Crippen molar-refractivity contribution < 1.29 is 35.5 Å². The van der Waals surface area contributed by atoms with Crippen LogP contribution in [0.2, 0.25) is 0 Å². The molecular formula is C11H16F4O4S. The summed E-state index contributed by atoms with van der Waals surface area (Å²) in [5.41, 5.74) is 0. The largest absolute Gasteiger partial charge is 0.461 e. The van der Waals surface area contributed by atoms with E-state index >= 15 is 0 Å². The van der Waals surface area contributed by atoms with Gasteiger partial charge >= 0.3 is 17.8 Å². The second-order valence-electron chi connectivity index (χ2n) is 4.98. The second-order valence-corrected chi connectivity index (χ2v) is 7.29. The van der Waals surface area contributed by atoms with Crippen molar-refractivity contribution in [3.8, 4) is 0 Å². The van der Waals surface area contributed by atoms with E-state index in [2.05, 4.69) is 4.74 Å². The lowest BCUT2D eigenvalue weighted by Crippen LogP contribution is -2.46. The molecule has 20 heavy (non-hydrogen) atoms. The van der Waals surface area contributed by atoms with E-state index in [9.17, 15) is 30.8 Å². The number of alkyl halides is 4. The van der Waals surface area contributed by atoms with Gasteiger partial charge in [0.25, 0.3) is 0 Å². The monoisotopic (exact) mass is 320 g/mol. The molecule has 0 radical (unpaired) electrons. The molecule has 1 heterocycles. The first kappa shape index (κ1) is 17.2. The highest BCUT2D eigenvalue weighted by atomic mass is 32.2. The number of carbonyl (C=O) groups excluding carboxylic acids is 1. The fourth-order valence-electron chi connectivity index (χ4n) is 1.82. The van der Waals surface area contributed by atoms with E-state index < -0.39 is 34.3 Å². The van der Waals surface area contributed by atoms with Crippen molar-refractivity contribution in [2.45, 2.75) is 38.0 Å². The summed E-state index contributed by atoms with van der Waals surface area (Å²) >= 11 is 0. The molecule has 0 aromatic carbocycles. The molecule has 0 unspecified atom stereocenters. The highest BCUT2D eigenvalue weighted by molar-refractivity contribution is 7.91. The Morgan fingerprint density at radius 3 is 2.15 bits per heavy atom. The molecule has 1 saturated heterocycles. The van der Waals surface area contributed by atoms with Crippen LogP contribution in [0.5, 0.6) is 0 Å².